The van der Waals surface area contributed by atoms with Gasteiger partial charge in [0.1, 0.15) is 6.04 Å². The molecule has 2 amide bonds. The number of halogens is 3. The van der Waals surface area contributed by atoms with E-state index in [4.69, 9.17) is 23.2 Å². The van der Waals surface area contributed by atoms with Crippen LogP contribution in [-0.4, -0.2) is 34.6 Å². The lowest BCUT2D eigenvalue weighted by Crippen LogP contribution is -2.50. The van der Waals surface area contributed by atoms with E-state index in [-0.39, 0.29) is 23.6 Å². The summed E-state index contributed by atoms with van der Waals surface area (Å²) >= 11 is 17.1. The molecule has 0 heterocycles. The van der Waals surface area contributed by atoms with Gasteiger partial charge in [0.15, 0.2) is 0 Å². The fourth-order valence-corrected chi connectivity index (χ4v) is 4.54. The number of amides is 2. The van der Waals surface area contributed by atoms with Crippen molar-refractivity contribution in [3.8, 4) is 0 Å². The van der Waals surface area contributed by atoms with Crippen LogP contribution < -0.4 is 5.32 Å². The van der Waals surface area contributed by atoms with E-state index >= 15 is 0 Å². The van der Waals surface area contributed by atoms with E-state index in [2.05, 4.69) is 21.2 Å². The first kappa shape index (κ1) is 26.0. The quantitative estimate of drug-likeness (QED) is 0.380. The van der Waals surface area contributed by atoms with Gasteiger partial charge in [0.05, 0.1) is 5.75 Å². The summed E-state index contributed by atoms with van der Waals surface area (Å²) in [6, 6.07) is 12.6. The van der Waals surface area contributed by atoms with E-state index < -0.39 is 6.04 Å². The van der Waals surface area contributed by atoms with Crippen LogP contribution in [0.15, 0.2) is 46.9 Å². The van der Waals surface area contributed by atoms with Gasteiger partial charge in [-0.2, -0.15) is 0 Å². The Hall–Kier alpha value is -1.21. The molecule has 0 saturated heterocycles. The number of hydrogen-bond acceptors (Lipinski definition) is 3. The molecule has 0 radical (unpaired) electrons. The standard InChI is InChI=1S/C23H27BrCl2N2O2S/c1-4-15(2)27-23(30)16(3)28(12-17-5-8-19(24)9-6-17)22(29)14-31-13-18-7-10-20(25)11-21(18)26/h5-11,15-16H,4,12-14H2,1-3H3,(H,27,30)/t15-,16+/m0/s1. The average molecular weight is 546 g/mol. The Morgan fingerprint density at radius 1 is 1.13 bits per heavy atom. The summed E-state index contributed by atoms with van der Waals surface area (Å²) in [6.07, 6.45) is 0.830. The summed E-state index contributed by atoms with van der Waals surface area (Å²) in [5.41, 5.74) is 1.89. The maximum Gasteiger partial charge on any atom is 0.242 e. The van der Waals surface area contributed by atoms with Gasteiger partial charge in [0.2, 0.25) is 11.8 Å². The van der Waals surface area contributed by atoms with E-state index in [1.807, 2.05) is 44.2 Å². The lowest BCUT2D eigenvalue weighted by molar-refractivity contribution is -0.138. The van der Waals surface area contributed by atoms with Crippen LogP contribution in [0.1, 0.15) is 38.3 Å². The minimum absolute atomic E-state index is 0.0565. The summed E-state index contributed by atoms with van der Waals surface area (Å²) in [6.45, 7) is 6.11. The Bertz CT molecular complexity index is 896. The summed E-state index contributed by atoms with van der Waals surface area (Å²) in [7, 11) is 0. The van der Waals surface area contributed by atoms with E-state index in [1.54, 1.807) is 24.0 Å². The van der Waals surface area contributed by atoms with E-state index in [1.165, 1.54) is 11.8 Å². The molecule has 8 heteroatoms. The molecule has 0 fully saturated rings. The minimum atomic E-state index is -0.579. The number of thioether (sulfide) groups is 1. The lowest BCUT2D eigenvalue weighted by Gasteiger charge is -2.29. The Morgan fingerprint density at radius 2 is 1.81 bits per heavy atom. The highest BCUT2D eigenvalue weighted by Crippen LogP contribution is 2.25. The van der Waals surface area contributed by atoms with Crippen molar-refractivity contribution < 1.29 is 9.59 Å². The Kier molecular flexibility index (Phi) is 10.7. The third kappa shape index (κ3) is 8.33. The van der Waals surface area contributed by atoms with Crippen molar-refractivity contribution in [2.45, 2.75) is 51.6 Å². The van der Waals surface area contributed by atoms with Crippen LogP contribution >= 0.6 is 50.9 Å². The predicted molar refractivity (Wildman–Crippen MR) is 135 cm³/mol. The predicted octanol–water partition coefficient (Wildman–Crippen LogP) is 6.32. The van der Waals surface area contributed by atoms with Gasteiger partial charge in [0, 0.05) is 32.9 Å². The van der Waals surface area contributed by atoms with Crippen LogP contribution in [0.4, 0.5) is 0 Å². The molecular formula is C23H27BrCl2N2O2S. The fourth-order valence-electron chi connectivity index (χ4n) is 2.80. The molecule has 2 atom stereocenters. The third-order valence-electron chi connectivity index (χ3n) is 4.93. The van der Waals surface area contributed by atoms with Gasteiger partial charge >= 0.3 is 0 Å². The molecule has 0 bridgehead atoms. The summed E-state index contributed by atoms with van der Waals surface area (Å²) in [5, 5.41) is 4.14. The largest absolute Gasteiger partial charge is 0.352 e. The van der Waals surface area contributed by atoms with E-state index in [0.717, 1.165) is 22.0 Å². The van der Waals surface area contributed by atoms with Crippen molar-refractivity contribution in [3.05, 3.63) is 68.1 Å². The molecule has 0 saturated carbocycles. The van der Waals surface area contributed by atoms with Crippen LogP contribution in [-0.2, 0) is 21.9 Å². The van der Waals surface area contributed by atoms with Gasteiger partial charge in [0.25, 0.3) is 0 Å². The molecular weight excluding hydrogens is 519 g/mol. The molecule has 31 heavy (non-hydrogen) atoms. The molecule has 4 nitrogen and oxygen atoms in total. The van der Waals surface area contributed by atoms with Crippen molar-refractivity contribution >= 4 is 62.7 Å². The molecule has 0 spiro atoms. The third-order valence-corrected chi connectivity index (χ3v) is 7.01. The number of nitrogens with one attached hydrogen (secondary N) is 1. The molecule has 2 rings (SSSR count). The van der Waals surface area contributed by atoms with Crippen molar-refractivity contribution in [2.24, 2.45) is 0 Å². The van der Waals surface area contributed by atoms with Crippen LogP contribution in [0.25, 0.3) is 0 Å². The number of carbonyl (C=O) groups is 2. The second kappa shape index (κ2) is 12.7. The SMILES string of the molecule is CC[C@H](C)NC(=O)[C@@H](C)N(Cc1ccc(Br)cc1)C(=O)CSCc1ccc(Cl)cc1Cl. The second-order valence-electron chi connectivity index (χ2n) is 7.37. The first-order valence-electron chi connectivity index (χ1n) is 10.1. The highest BCUT2D eigenvalue weighted by Gasteiger charge is 2.26. The Morgan fingerprint density at radius 3 is 2.42 bits per heavy atom. The average Bonchev–Trinajstić information content (AvgIpc) is 2.74. The molecule has 0 aliphatic heterocycles. The zero-order chi connectivity index (χ0) is 23.0. The highest BCUT2D eigenvalue weighted by atomic mass is 79.9. The smallest absolute Gasteiger partial charge is 0.242 e. The van der Waals surface area contributed by atoms with E-state index in [0.29, 0.717) is 22.3 Å². The van der Waals surface area contributed by atoms with Gasteiger partial charge in [-0.05, 0) is 55.7 Å². The lowest BCUT2D eigenvalue weighted by atomic mass is 10.1. The van der Waals surface area contributed by atoms with Crippen molar-refractivity contribution in [1.29, 1.82) is 0 Å². The van der Waals surface area contributed by atoms with Gasteiger partial charge in [-0.1, -0.05) is 64.3 Å². The zero-order valence-electron chi connectivity index (χ0n) is 17.8. The van der Waals surface area contributed by atoms with Crippen LogP contribution in [0.5, 0.6) is 0 Å². The monoisotopic (exact) mass is 544 g/mol. The number of benzene rings is 2. The van der Waals surface area contributed by atoms with Crippen molar-refractivity contribution in [2.75, 3.05) is 5.75 Å². The number of carbonyl (C=O) groups excluding carboxylic acids is 2. The van der Waals surface area contributed by atoms with Gasteiger partial charge in [-0.3, -0.25) is 9.59 Å². The second-order valence-corrected chi connectivity index (χ2v) is 10.1. The van der Waals surface area contributed by atoms with Crippen LogP contribution in [0.3, 0.4) is 0 Å². The molecule has 0 aliphatic rings. The number of rotatable bonds is 10. The molecule has 168 valence electrons. The molecule has 2 aromatic rings. The first-order valence-corrected chi connectivity index (χ1v) is 12.8. The van der Waals surface area contributed by atoms with Gasteiger partial charge in [-0.25, -0.2) is 0 Å². The summed E-state index contributed by atoms with van der Waals surface area (Å²) in [4.78, 5) is 27.5. The maximum absolute atomic E-state index is 13.1. The molecule has 2 aromatic carbocycles. The van der Waals surface area contributed by atoms with Gasteiger partial charge < -0.3 is 10.2 Å². The number of nitrogens with zero attached hydrogens (tertiary/aromatic N) is 1. The Balaban J connectivity index is 2.08. The Labute approximate surface area is 207 Å². The minimum Gasteiger partial charge on any atom is -0.352 e. The molecule has 1 N–H and O–H groups in total. The van der Waals surface area contributed by atoms with Crippen molar-refractivity contribution in [3.63, 3.8) is 0 Å². The first-order chi connectivity index (χ1) is 14.7. The van der Waals surface area contributed by atoms with Gasteiger partial charge in [-0.15, -0.1) is 11.8 Å². The highest BCUT2D eigenvalue weighted by molar-refractivity contribution is 9.10. The van der Waals surface area contributed by atoms with Crippen LogP contribution in [0, 0.1) is 0 Å². The van der Waals surface area contributed by atoms with E-state index in [9.17, 15) is 9.59 Å². The topological polar surface area (TPSA) is 49.4 Å². The zero-order valence-corrected chi connectivity index (χ0v) is 21.7. The summed E-state index contributed by atoms with van der Waals surface area (Å²) in [5.74, 6) is 0.591. The van der Waals surface area contributed by atoms with Crippen molar-refractivity contribution in [1.82, 2.24) is 10.2 Å². The normalized spacial score (nSPS) is 12.8. The number of hydrogen-bond donors (Lipinski definition) is 1. The van der Waals surface area contributed by atoms with Crippen LogP contribution in [0.2, 0.25) is 10.0 Å². The molecule has 0 unspecified atom stereocenters. The maximum atomic E-state index is 13.1. The molecule has 0 aliphatic carbocycles. The summed E-state index contributed by atoms with van der Waals surface area (Å²) < 4.78 is 0.965. The molecule has 0 aromatic heterocycles. The fraction of sp³-hybridized carbons (Fsp3) is 0.391.